The smallest absolute Gasteiger partial charge is 0.257 e. The monoisotopic (exact) mass is 387 g/mol. The molecule has 0 aromatic heterocycles. The molecule has 27 heavy (non-hydrogen) atoms. The Kier molecular flexibility index (Phi) is 6.10. The van der Waals surface area contributed by atoms with Crippen molar-refractivity contribution in [2.24, 2.45) is 0 Å². The molecule has 2 amide bonds. The highest BCUT2D eigenvalue weighted by Crippen LogP contribution is 2.18. The molecule has 1 aliphatic rings. The molecule has 1 aliphatic heterocycles. The molecule has 6 nitrogen and oxygen atoms in total. The predicted octanol–water partition coefficient (Wildman–Crippen LogP) is 2.42. The van der Waals surface area contributed by atoms with Gasteiger partial charge < -0.3 is 15.0 Å². The van der Waals surface area contributed by atoms with E-state index in [1.165, 1.54) is 24.3 Å². The van der Waals surface area contributed by atoms with Crippen molar-refractivity contribution < 1.29 is 18.7 Å². The van der Waals surface area contributed by atoms with Gasteiger partial charge in [0.2, 0.25) is 0 Å². The topological polar surface area (TPSA) is 70.7 Å². The van der Waals surface area contributed by atoms with Gasteiger partial charge >= 0.3 is 0 Å². The van der Waals surface area contributed by atoms with Crippen molar-refractivity contribution in [3.8, 4) is 0 Å². The third kappa shape index (κ3) is 4.87. The Morgan fingerprint density at radius 3 is 2.41 bits per heavy atom. The number of hydrogen-bond donors (Lipinski definition) is 2. The molecule has 2 N–H and O–H groups in total. The van der Waals surface area contributed by atoms with Crippen LogP contribution < -0.4 is 10.6 Å². The second-order valence-corrected chi connectivity index (χ2v) is 6.27. The van der Waals surface area contributed by atoms with E-state index < -0.39 is 11.7 Å². The molecule has 0 atom stereocenters. The van der Waals surface area contributed by atoms with Crippen molar-refractivity contribution >= 4 is 34.8 Å². The number of halogens is 1. The molecule has 1 heterocycles. The summed E-state index contributed by atoms with van der Waals surface area (Å²) in [6, 6.07) is 12.1. The van der Waals surface area contributed by atoms with Crippen LogP contribution >= 0.6 is 12.2 Å². The first-order valence-corrected chi connectivity index (χ1v) is 8.79. The summed E-state index contributed by atoms with van der Waals surface area (Å²) in [5, 5.41) is 5.46. The lowest BCUT2D eigenvalue weighted by Gasteiger charge is -2.27. The molecule has 1 fully saturated rings. The van der Waals surface area contributed by atoms with Gasteiger partial charge in [0.1, 0.15) is 5.82 Å². The zero-order valence-corrected chi connectivity index (χ0v) is 15.2. The normalized spacial score (nSPS) is 13.7. The molecule has 2 aromatic carbocycles. The molecular formula is C19H18FN3O3S. The largest absolute Gasteiger partial charge is 0.378 e. The van der Waals surface area contributed by atoms with Crippen LogP contribution in [0, 0.1) is 5.82 Å². The number of nitrogens with zero attached hydrogens (tertiary/aromatic N) is 1. The minimum atomic E-state index is -0.468. The van der Waals surface area contributed by atoms with Crippen molar-refractivity contribution in [1.82, 2.24) is 10.2 Å². The first-order valence-electron chi connectivity index (χ1n) is 8.38. The number of amides is 2. The fourth-order valence-electron chi connectivity index (χ4n) is 2.65. The van der Waals surface area contributed by atoms with Crippen LogP contribution in [0.4, 0.5) is 10.1 Å². The van der Waals surface area contributed by atoms with E-state index in [2.05, 4.69) is 10.6 Å². The zero-order chi connectivity index (χ0) is 19.2. The number of hydrogen-bond acceptors (Lipinski definition) is 4. The highest BCUT2D eigenvalue weighted by Gasteiger charge is 2.21. The molecule has 1 saturated heterocycles. The molecule has 0 radical (unpaired) electrons. The average Bonchev–Trinajstić information content (AvgIpc) is 2.69. The van der Waals surface area contributed by atoms with Crippen LogP contribution in [-0.2, 0) is 4.74 Å². The molecule has 0 unspecified atom stereocenters. The highest BCUT2D eigenvalue weighted by atomic mass is 32.1. The Morgan fingerprint density at radius 1 is 1.04 bits per heavy atom. The molecule has 0 saturated carbocycles. The Morgan fingerprint density at radius 2 is 1.70 bits per heavy atom. The van der Waals surface area contributed by atoms with E-state index in [0.29, 0.717) is 37.6 Å². The number of rotatable bonds is 3. The van der Waals surface area contributed by atoms with Crippen LogP contribution in [-0.4, -0.2) is 48.1 Å². The van der Waals surface area contributed by atoms with Crippen LogP contribution in [0.15, 0.2) is 48.5 Å². The summed E-state index contributed by atoms with van der Waals surface area (Å²) < 4.78 is 18.2. The first kappa shape index (κ1) is 18.9. The van der Waals surface area contributed by atoms with E-state index >= 15 is 0 Å². The Labute approximate surface area is 161 Å². The van der Waals surface area contributed by atoms with Crippen molar-refractivity contribution in [2.45, 2.75) is 0 Å². The summed E-state index contributed by atoms with van der Waals surface area (Å²) in [6.45, 7) is 2.07. The summed E-state index contributed by atoms with van der Waals surface area (Å²) in [5.74, 6) is -1.03. The van der Waals surface area contributed by atoms with E-state index in [0.717, 1.165) is 0 Å². The Bertz CT molecular complexity index is 852. The summed E-state index contributed by atoms with van der Waals surface area (Å²) in [7, 11) is 0. The average molecular weight is 387 g/mol. The predicted molar refractivity (Wildman–Crippen MR) is 103 cm³/mol. The number of benzene rings is 2. The van der Waals surface area contributed by atoms with Gasteiger partial charge in [-0.25, -0.2) is 4.39 Å². The van der Waals surface area contributed by atoms with Crippen LogP contribution in [0.25, 0.3) is 0 Å². The van der Waals surface area contributed by atoms with Gasteiger partial charge in [0.15, 0.2) is 5.11 Å². The first-order chi connectivity index (χ1) is 13.0. The fourth-order valence-corrected chi connectivity index (χ4v) is 2.85. The minimum absolute atomic E-state index is 0.0477. The van der Waals surface area contributed by atoms with Gasteiger partial charge in [-0.15, -0.1) is 0 Å². The summed E-state index contributed by atoms with van der Waals surface area (Å²) >= 11 is 5.18. The van der Waals surface area contributed by atoms with Crippen molar-refractivity contribution in [3.05, 3.63) is 65.5 Å². The van der Waals surface area contributed by atoms with E-state index in [4.69, 9.17) is 17.0 Å². The number of carbonyl (C=O) groups is 2. The number of anilines is 1. The lowest BCUT2D eigenvalue weighted by Crippen LogP contribution is -2.41. The van der Waals surface area contributed by atoms with Crippen LogP contribution in [0.2, 0.25) is 0 Å². The lowest BCUT2D eigenvalue weighted by atomic mass is 10.1. The number of carbonyl (C=O) groups excluding carboxylic acids is 2. The van der Waals surface area contributed by atoms with Gasteiger partial charge in [-0.2, -0.15) is 0 Å². The van der Waals surface area contributed by atoms with E-state index in [1.807, 2.05) is 0 Å². The van der Waals surface area contributed by atoms with Crippen molar-refractivity contribution in [3.63, 3.8) is 0 Å². The molecule has 0 aliphatic carbocycles. The molecule has 3 rings (SSSR count). The van der Waals surface area contributed by atoms with Gasteiger partial charge in [0.25, 0.3) is 11.8 Å². The summed E-state index contributed by atoms with van der Waals surface area (Å²) in [5.41, 5.74) is 1.23. The van der Waals surface area contributed by atoms with Gasteiger partial charge in [-0.3, -0.25) is 14.9 Å². The minimum Gasteiger partial charge on any atom is -0.378 e. The molecule has 8 heteroatoms. The third-order valence-corrected chi connectivity index (χ3v) is 4.24. The second-order valence-electron chi connectivity index (χ2n) is 5.87. The molecule has 0 bridgehead atoms. The lowest BCUT2D eigenvalue weighted by molar-refractivity contribution is 0.0303. The maximum absolute atomic E-state index is 13.0. The molecule has 140 valence electrons. The van der Waals surface area contributed by atoms with E-state index in [1.54, 1.807) is 29.2 Å². The number of para-hydroxylation sites is 1. The SMILES string of the molecule is O=C(NC(=S)Nc1ccccc1C(=O)N1CCOCC1)c1ccc(F)cc1. The zero-order valence-electron chi connectivity index (χ0n) is 14.4. The third-order valence-electron chi connectivity index (χ3n) is 4.04. The Balaban J connectivity index is 1.68. The van der Waals surface area contributed by atoms with Gasteiger partial charge in [0.05, 0.1) is 24.5 Å². The maximum atomic E-state index is 13.0. The van der Waals surface area contributed by atoms with Crippen LogP contribution in [0.3, 0.4) is 0 Å². The number of morpholine rings is 1. The van der Waals surface area contributed by atoms with Crippen LogP contribution in [0.5, 0.6) is 0 Å². The highest BCUT2D eigenvalue weighted by molar-refractivity contribution is 7.80. The van der Waals surface area contributed by atoms with Crippen molar-refractivity contribution in [2.75, 3.05) is 31.6 Å². The standard InChI is InChI=1S/C19H18FN3O3S/c20-14-7-5-13(6-8-14)17(24)22-19(27)21-16-4-2-1-3-15(16)18(25)23-9-11-26-12-10-23/h1-8H,9-12H2,(H2,21,22,24,27). The number of thiocarbonyl (C=S) groups is 1. The second kappa shape index (κ2) is 8.70. The molecule has 2 aromatic rings. The van der Waals surface area contributed by atoms with E-state index in [9.17, 15) is 14.0 Å². The van der Waals surface area contributed by atoms with Crippen LogP contribution in [0.1, 0.15) is 20.7 Å². The van der Waals surface area contributed by atoms with Gasteiger partial charge in [-0.1, -0.05) is 12.1 Å². The molecule has 0 spiro atoms. The van der Waals surface area contributed by atoms with E-state index in [-0.39, 0.29) is 16.6 Å². The van der Waals surface area contributed by atoms with Gasteiger partial charge in [-0.05, 0) is 48.6 Å². The molecular weight excluding hydrogens is 369 g/mol. The quantitative estimate of drug-likeness (QED) is 0.792. The summed E-state index contributed by atoms with van der Waals surface area (Å²) in [4.78, 5) is 26.6. The number of ether oxygens (including phenoxy) is 1. The fraction of sp³-hybridized carbons (Fsp3) is 0.211. The van der Waals surface area contributed by atoms with Crippen molar-refractivity contribution in [1.29, 1.82) is 0 Å². The maximum Gasteiger partial charge on any atom is 0.257 e. The summed E-state index contributed by atoms with van der Waals surface area (Å²) in [6.07, 6.45) is 0. The Hall–Kier alpha value is -2.84. The van der Waals surface area contributed by atoms with Gasteiger partial charge in [0, 0.05) is 18.7 Å². The number of nitrogens with one attached hydrogen (secondary N) is 2.